The first-order chi connectivity index (χ1) is 11.7. The first-order valence-electron chi connectivity index (χ1n) is 7.77. The Hall–Kier alpha value is -2.86. The molecule has 3 rings (SSSR count). The van der Waals surface area contributed by atoms with Crippen molar-refractivity contribution in [2.45, 2.75) is 6.92 Å². The molecule has 3 aromatic rings. The number of rotatable bonds is 6. The summed E-state index contributed by atoms with van der Waals surface area (Å²) in [5.74, 6) is 1.68. The summed E-state index contributed by atoms with van der Waals surface area (Å²) in [6.07, 6.45) is 1.52. The monoisotopic (exact) mass is 324 g/mol. The summed E-state index contributed by atoms with van der Waals surface area (Å²) in [6.45, 7) is 3.16. The van der Waals surface area contributed by atoms with Gasteiger partial charge in [-0.1, -0.05) is 6.07 Å². The van der Waals surface area contributed by atoms with E-state index in [-0.39, 0.29) is 5.75 Å². The van der Waals surface area contributed by atoms with Gasteiger partial charge in [0.1, 0.15) is 30.3 Å². The van der Waals surface area contributed by atoms with Crippen molar-refractivity contribution in [1.29, 1.82) is 0 Å². The molecule has 0 saturated heterocycles. The smallest absolute Gasteiger partial charge is 0.145 e. The number of phenolic OH excluding ortho intramolecular Hbond substituents is 1. The second-order valence-corrected chi connectivity index (χ2v) is 5.45. The third kappa shape index (κ3) is 3.38. The molecule has 0 amide bonds. The van der Waals surface area contributed by atoms with E-state index in [1.165, 1.54) is 6.33 Å². The van der Waals surface area contributed by atoms with Gasteiger partial charge in [0.15, 0.2) is 0 Å². The molecule has 0 aliphatic rings. The molecule has 1 aromatic heterocycles. The number of benzene rings is 2. The van der Waals surface area contributed by atoms with Gasteiger partial charge in [-0.2, -0.15) is 0 Å². The highest BCUT2D eigenvalue weighted by Crippen LogP contribution is 2.32. The molecule has 0 fully saturated rings. The van der Waals surface area contributed by atoms with Gasteiger partial charge in [0, 0.05) is 12.2 Å². The lowest BCUT2D eigenvalue weighted by molar-refractivity contribution is 0.322. The number of nitrogens with one attached hydrogen (secondary N) is 2. The fraction of sp³-hybridized carbons (Fsp3) is 0.222. The number of ether oxygens (including phenoxy) is 1. The van der Waals surface area contributed by atoms with Gasteiger partial charge in [0.2, 0.25) is 0 Å². The van der Waals surface area contributed by atoms with Gasteiger partial charge in [0.05, 0.1) is 10.9 Å². The van der Waals surface area contributed by atoms with E-state index in [4.69, 9.17) is 4.74 Å². The molecule has 1 heterocycles. The first kappa shape index (κ1) is 16.0. The fourth-order valence-corrected chi connectivity index (χ4v) is 2.43. The van der Waals surface area contributed by atoms with Crippen LogP contribution in [-0.4, -0.2) is 35.3 Å². The average molecular weight is 324 g/mol. The number of aromatic nitrogens is 2. The van der Waals surface area contributed by atoms with Crippen molar-refractivity contribution >= 4 is 22.4 Å². The molecular weight excluding hydrogens is 304 g/mol. The topological polar surface area (TPSA) is 79.3 Å². The predicted octanol–water partition coefficient (Wildman–Crippen LogP) is 2.99. The number of aromatic hydroxyl groups is 1. The molecule has 0 radical (unpaired) electrons. The summed E-state index contributed by atoms with van der Waals surface area (Å²) in [5.41, 5.74) is 2.45. The zero-order valence-corrected chi connectivity index (χ0v) is 13.7. The predicted molar refractivity (Wildman–Crippen MR) is 95.1 cm³/mol. The molecular formula is C18H20N4O2. The Bertz CT molecular complexity index is 846. The SMILES string of the molecule is CNCCOc1cccc2ncnc(Nc3ccc(O)c(C)c3)c12. The van der Waals surface area contributed by atoms with Gasteiger partial charge in [-0.3, -0.25) is 0 Å². The lowest BCUT2D eigenvalue weighted by atomic mass is 10.2. The van der Waals surface area contributed by atoms with Crippen LogP contribution in [-0.2, 0) is 0 Å². The summed E-state index contributed by atoms with van der Waals surface area (Å²) < 4.78 is 5.86. The maximum Gasteiger partial charge on any atom is 0.145 e. The fourth-order valence-electron chi connectivity index (χ4n) is 2.43. The van der Waals surface area contributed by atoms with Crippen LogP contribution in [0.4, 0.5) is 11.5 Å². The normalized spacial score (nSPS) is 10.8. The minimum atomic E-state index is 0.268. The van der Waals surface area contributed by atoms with Crippen molar-refractivity contribution < 1.29 is 9.84 Å². The van der Waals surface area contributed by atoms with E-state index >= 15 is 0 Å². The number of phenols is 1. The Kier molecular flexibility index (Phi) is 4.77. The maximum atomic E-state index is 9.67. The molecule has 0 aliphatic heterocycles. The molecule has 3 N–H and O–H groups in total. The minimum Gasteiger partial charge on any atom is -0.508 e. The van der Waals surface area contributed by atoms with E-state index in [9.17, 15) is 5.11 Å². The Morgan fingerprint density at radius 2 is 2.04 bits per heavy atom. The van der Waals surface area contributed by atoms with E-state index in [2.05, 4.69) is 20.6 Å². The van der Waals surface area contributed by atoms with Crippen LogP contribution >= 0.6 is 0 Å². The van der Waals surface area contributed by atoms with Crippen LogP contribution in [0.25, 0.3) is 10.9 Å². The molecule has 6 nitrogen and oxygen atoms in total. The third-order valence-corrected chi connectivity index (χ3v) is 3.69. The van der Waals surface area contributed by atoms with Gasteiger partial charge >= 0.3 is 0 Å². The summed E-state index contributed by atoms with van der Waals surface area (Å²) >= 11 is 0. The largest absolute Gasteiger partial charge is 0.508 e. The molecule has 0 bridgehead atoms. The van der Waals surface area contributed by atoms with Gasteiger partial charge < -0.3 is 20.5 Å². The summed E-state index contributed by atoms with van der Waals surface area (Å²) in [4.78, 5) is 8.68. The summed E-state index contributed by atoms with van der Waals surface area (Å²) in [6, 6.07) is 11.1. The number of anilines is 2. The average Bonchev–Trinajstić information content (AvgIpc) is 2.59. The van der Waals surface area contributed by atoms with E-state index in [1.807, 2.05) is 38.2 Å². The first-order valence-corrected chi connectivity index (χ1v) is 7.77. The summed E-state index contributed by atoms with van der Waals surface area (Å²) in [5, 5.41) is 16.8. The minimum absolute atomic E-state index is 0.268. The van der Waals surface area contributed by atoms with E-state index in [0.717, 1.165) is 34.4 Å². The highest BCUT2D eigenvalue weighted by Gasteiger charge is 2.11. The zero-order valence-electron chi connectivity index (χ0n) is 13.7. The highest BCUT2D eigenvalue weighted by atomic mass is 16.5. The van der Waals surface area contributed by atoms with E-state index in [1.54, 1.807) is 12.1 Å². The van der Waals surface area contributed by atoms with E-state index < -0.39 is 0 Å². The molecule has 0 saturated carbocycles. The molecule has 0 aliphatic carbocycles. The third-order valence-electron chi connectivity index (χ3n) is 3.69. The zero-order chi connectivity index (χ0) is 16.9. The lowest BCUT2D eigenvalue weighted by Crippen LogP contribution is -2.16. The molecule has 124 valence electrons. The van der Waals surface area contributed by atoms with Gasteiger partial charge in [0.25, 0.3) is 0 Å². The van der Waals surface area contributed by atoms with Crippen LogP contribution in [0.1, 0.15) is 5.56 Å². The van der Waals surface area contributed by atoms with Crippen molar-refractivity contribution in [1.82, 2.24) is 15.3 Å². The van der Waals surface area contributed by atoms with Crippen LogP contribution < -0.4 is 15.4 Å². The van der Waals surface area contributed by atoms with E-state index in [0.29, 0.717) is 12.4 Å². The standard InChI is InChI=1S/C18H20N4O2/c1-12-10-13(6-7-15(12)23)22-18-17-14(20-11-21-18)4-3-5-16(17)24-9-8-19-2/h3-7,10-11,19,23H,8-9H2,1-2H3,(H,20,21,22). The number of hydrogen-bond acceptors (Lipinski definition) is 6. The van der Waals surface area contributed by atoms with Crippen LogP contribution in [0, 0.1) is 6.92 Å². The van der Waals surface area contributed by atoms with Crippen molar-refractivity contribution in [3.63, 3.8) is 0 Å². The second kappa shape index (κ2) is 7.14. The van der Waals surface area contributed by atoms with Gasteiger partial charge in [-0.15, -0.1) is 0 Å². The molecule has 24 heavy (non-hydrogen) atoms. The lowest BCUT2D eigenvalue weighted by Gasteiger charge is -2.13. The van der Waals surface area contributed by atoms with Crippen molar-refractivity contribution in [3.8, 4) is 11.5 Å². The van der Waals surface area contributed by atoms with Crippen LogP contribution in [0.2, 0.25) is 0 Å². The Morgan fingerprint density at radius 1 is 1.17 bits per heavy atom. The van der Waals surface area contributed by atoms with Crippen LogP contribution in [0.15, 0.2) is 42.7 Å². The molecule has 0 atom stereocenters. The molecule has 2 aromatic carbocycles. The van der Waals surface area contributed by atoms with Crippen LogP contribution in [0.3, 0.4) is 0 Å². The van der Waals surface area contributed by atoms with Gasteiger partial charge in [-0.05, 0) is 49.9 Å². The number of aryl methyl sites for hydroxylation is 1. The van der Waals surface area contributed by atoms with Crippen LogP contribution in [0.5, 0.6) is 11.5 Å². The Morgan fingerprint density at radius 3 is 2.83 bits per heavy atom. The number of hydrogen-bond donors (Lipinski definition) is 3. The highest BCUT2D eigenvalue weighted by molar-refractivity contribution is 5.95. The number of nitrogens with zero attached hydrogens (tertiary/aromatic N) is 2. The molecule has 0 spiro atoms. The Balaban J connectivity index is 1.98. The second-order valence-electron chi connectivity index (χ2n) is 5.45. The maximum absolute atomic E-state index is 9.67. The van der Waals surface area contributed by atoms with Crippen molar-refractivity contribution in [2.24, 2.45) is 0 Å². The van der Waals surface area contributed by atoms with Crippen molar-refractivity contribution in [3.05, 3.63) is 48.3 Å². The number of likely N-dealkylation sites (N-methyl/N-ethyl adjacent to an activating group) is 1. The quantitative estimate of drug-likeness (QED) is 0.478. The summed E-state index contributed by atoms with van der Waals surface area (Å²) in [7, 11) is 1.88. The number of fused-ring (bicyclic) bond motifs is 1. The van der Waals surface area contributed by atoms with Gasteiger partial charge in [-0.25, -0.2) is 9.97 Å². The Labute approximate surface area is 140 Å². The molecule has 6 heteroatoms. The van der Waals surface area contributed by atoms with Crippen molar-refractivity contribution in [2.75, 3.05) is 25.5 Å². The molecule has 0 unspecified atom stereocenters.